The number of hydrogen-bond donors (Lipinski definition) is 2. The molecule has 1 saturated carbocycles. The van der Waals surface area contributed by atoms with E-state index in [1.165, 1.54) is 5.56 Å². The first-order chi connectivity index (χ1) is 8.72. The van der Waals surface area contributed by atoms with Crippen molar-refractivity contribution < 1.29 is 9.90 Å². The van der Waals surface area contributed by atoms with Crippen LogP contribution in [0.25, 0.3) is 0 Å². The molecule has 0 heterocycles. The number of nitrogens with one attached hydrogen (secondary N) is 1. The molecular formula is C15H19NO2. The van der Waals surface area contributed by atoms with E-state index in [0.717, 1.165) is 37.7 Å². The number of rotatable bonds is 3. The number of carboxylic acid groups (broad SMARTS) is 1. The predicted octanol–water partition coefficient (Wildman–Crippen LogP) is 2.44. The molecule has 3 heteroatoms. The Bertz CT molecular complexity index is 467. The highest BCUT2D eigenvalue weighted by atomic mass is 16.4. The molecule has 0 radical (unpaired) electrons. The van der Waals surface area contributed by atoms with Crippen LogP contribution in [0.1, 0.15) is 43.2 Å². The first-order valence-corrected chi connectivity index (χ1v) is 6.82. The minimum Gasteiger partial charge on any atom is -0.480 e. The average Bonchev–Trinajstić information content (AvgIpc) is 3.18. The second kappa shape index (κ2) is 4.39. The summed E-state index contributed by atoms with van der Waals surface area (Å²) in [6.45, 7) is 0. The molecule has 3 rings (SSSR count). The van der Waals surface area contributed by atoms with Crippen LogP contribution in [0.2, 0.25) is 0 Å². The summed E-state index contributed by atoms with van der Waals surface area (Å²) in [5.41, 5.74) is 1.33. The second-order valence-corrected chi connectivity index (χ2v) is 5.49. The monoisotopic (exact) mass is 245 g/mol. The second-order valence-electron chi connectivity index (χ2n) is 5.49. The molecule has 0 aromatic heterocycles. The van der Waals surface area contributed by atoms with Crippen molar-refractivity contribution >= 4 is 5.97 Å². The molecule has 0 aliphatic heterocycles. The van der Waals surface area contributed by atoms with Gasteiger partial charge in [-0.05, 0) is 43.2 Å². The van der Waals surface area contributed by atoms with Crippen molar-refractivity contribution in [3.63, 3.8) is 0 Å². The number of aliphatic carboxylic acids is 1. The number of carboxylic acids is 1. The molecular weight excluding hydrogens is 226 g/mol. The Morgan fingerprint density at radius 2 is 2.06 bits per heavy atom. The van der Waals surface area contributed by atoms with E-state index >= 15 is 0 Å². The van der Waals surface area contributed by atoms with Gasteiger partial charge in [0.1, 0.15) is 5.54 Å². The van der Waals surface area contributed by atoms with Crippen LogP contribution < -0.4 is 5.32 Å². The van der Waals surface area contributed by atoms with E-state index in [-0.39, 0.29) is 0 Å². The summed E-state index contributed by atoms with van der Waals surface area (Å²) in [6, 6.07) is 8.42. The Morgan fingerprint density at radius 3 is 2.78 bits per heavy atom. The Hall–Kier alpha value is -1.35. The predicted molar refractivity (Wildman–Crippen MR) is 69.5 cm³/mol. The van der Waals surface area contributed by atoms with Gasteiger partial charge in [-0.15, -0.1) is 0 Å². The van der Waals surface area contributed by atoms with Crippen LogP contribution >= 0.6 is 0 Å². The van der Waals surface area contributed by atoms with Gasteiger partial charge in [-0.25, -0.2) is 4.79 Å². The average molecular weight is 245 g/mol. The van der Waals surface area contributed by atoms with E-state index < -0.39 is 11.5 Å². The molecule has 3 nitrogen and oxygen atoms in total. The third-order valence-corrected chi connectivity index (χ3v) is 4.12. The minimum absolute atomic E-state index is 0.396. The number of aryl methyl sites for hydroxylation is 1. The van der Waals surface area contributed by atoms with Crippen molar-refractivity contribution in [1.82, 2.24) is 5.32 Å². The molecule has 1 fully saturated rings. The topological polar surface area (TPSA) is 49.3 Å². The lowest BCUT2D eigenvalue weighted by Gasteiger charge is -2.31. The van der Waals surface area contributed by atoms with Crippen molar-refractivity contribution in [3.8, 4) is 0 Å². The van der Waals surface area contributed by atoms with Crippen molar-refractivity contribution in [1.29, 1.82) is 0 Å². The van der Waals surface area contributed by atoms with Crippen LogP contribution in [0.15, 0.2) is 24.3 Å². The van der Waals surface area contributed by atoms with Gasteiger partial charge in [0.2, 0.25) is 0 Å². The lowest BCUT2D eigenvalue weighted by molar-refractivity contribution is -0.146. The van der Waals surface area contributed by atoms with E-state index in [4.69, 9.17) is 0 Å². The number of hydrogen-bond acceptors (Lipinski definition) is 2. The first kappa shape index (κ1) is 11.7. The van der Waals surface area contributed by atoms with Gasteiger partial charge in [0.05, 0.1) is 0 Å². The van der Waals surface area contributed by atoms with Gasteiger partial charge >= 0.3 is 5.97 Å². The minimum atomic E-state index is -0.853. The zero-order valence-corrected chi connectivity index (χ0v) is 10.5. The summed E-state index contributed by atoms with van der Waals surface area (Å²) in [6.07, 6.45) is 5.97. The SMILES string of the molecule is O=C(O)C1(NC2CC2)CCCCc2ccccc21. The summed E-state index contributed by atoms with van der Waals surface area (Å²) in [7, 11) is 0. The van der Waals surface area contributed by atoms with E-state index in [2.05, 4.69) is 11.4 Å². The summed E-state index contributed by atoms with van der Waals surface area (Å²) >= 11 is 0. The third kappa shape index (κ3) is 1.93. The third-order valence-electron chi connectivity index (χ3n) is 4.12. The van der Waals surface area contributed by atoms with Crippen molar-refractivity contribution in [3.05, 3.63) is 35.4 Å². The van der Waals surface area contributed by atoms with Gasteiger partial charge in [0, 0.05) is 6.04 Å². The van der Waals surface area contributed by atoms with Crippen molar-refractivity contribution in [2.75, 3.05) is 0 Å². The number of fused-ring (bicyclic) bond motifs is 1. The molecule has 1 aromatic carbocycles. The molecule has 0 bridgehead atoms. The molecule has 1 unspecified atom stereocenters. The van der Waals surface area contributed by atoms with Crippen molar-refractivity contribution in [2.45, 2.75) is 50.1 Å². The van der Waals surface area contributed by atoms with Gasteiger partial charge in [0.25, 0.3) is 0 Å². The maximum atomic E-state index is 11.9. The molecule has 0 spiro atoms. The molecule has 2 N–H and O–H groups in total. The molecule has 2 aliphatic rings. The van der Waals surface area contributed by atoms with Gasteiger partial charge in [-0.1, -0.05) is 30.7 Å². The largest absolute Gasteiger partial charge is 0.480 e. The maximum absolute atomic E-state index is 11.9. The van der Waals surface area contributed by atoms with Gasteiger partial charge in [-0.2, -0.15) is 0 Å². The van der Waals surface area contributed by atoms with Crippen LogP contribution in [-0.2, 0) is 16.8 Å². The molecule has 2 aliphatic carbocycles. The lowest BCUT2D eigenvalue weighted by Crippen LogP contribution is -2.50. The summed E-state index contributed by atoms with van der Waals surface area (Å²) in [5.74, 6) is -0.719. The standard InChI is InChI=1S/C15H19NO2/c17-14(18)15(16-12-8-9-12)10-4-3-6-11-5-1-2-7-13(11)15/h1-2,5,7,12,16H,3-4,6,8-10H2,(H,17,18). The van der Waals surface area contributed by atoms with Crippen LogP contribution in [0.5, 0.6) is 0 Å². The van der Waals surface area contributed by atoms with Gasteiger partial charge < -0.3 is 5.11 Å². The summed E-state index contributed by atoms with van der Waals surface area (Å²) in [4.78, 5) is 11.9. The zero-order chi connectivity index (χ0) is 12.6. The number of carbonyl (C=O) groups is 1. The lowest BCUT2D eigenvalue weighted by atomic mass is 9.84. The number of benzene rings is 1. The van der Waals surface area contributed by atoms with E-state index in [1.807, 2.05) is 18.2 Å². The molecule has 0 amide bonds. The quantitative estimate of drug-likeness (QED) is 0.804. The first-order valence-electron chi connectivity index (χ1n) is 6.82. The fraction of sp³-hybridized carbons (Fsp3) is 0.533. The van der Waals surface area contributed by atoms with Gasteiger partial charge in [-0.3, -0.25) is 5.32 Å². The molecule has 0 saturated heterocycles. The smallest absolute Gasteiger partial charge is 0.328 e. The van der Waals surface area contributed by atoms with E-state index in [9.17, 15) is 9.90 Å². The van der Waals surface area contributed by atoms with Gasteiger partial charge in [0.15, 0.2) is 0 Å². The Kier molecular flexibility index (Phi) is 2.86. The zero-order valence-electron chi connectivity index (χ0n) is 10.5. The summed E-state index contributed by atoms with van der Waals surface area (Å²) in [5, 5.41) is 13.2. The maximum Gasteiger partial charge on any atom is 0.328 e. The highest BCUT2D eigenvalue weighted by molar-refractivity contribution is 5.81. The van der Waals surface area contributed by atoms with E-state index in [0.29, 0.717) is 12.5 Å². The fourth-order valence-electron chi connectivity index (χ4n) is 3.00. The van der Waals surface area contributed by atoms with Crippen molar-refractivity contribution in [2.24, 2.45) is 0 Å². The molecule has 1 atom stereocenters. The van der Waals surface area contributed by atoms with Crippen LogP contribution in [0, 0.1) is 0 Å². The Labute approximate surface area is 107 Å². The van der Waals surface area contributed by atoms with Crippen LogP contribution in [-0.4, -0.2) is 17.1 Å². The van der Waals surface area contributed by atoms with Crippen LogP contribution in [0.4, 0.5) is 0 Å². The summed E-state index contributed by atoms with van der Waals surface area (Å²) < 4.78 is 0. The van der Waals surface area contributed by atoms with Crippen LogP contribution in [0.3, 0.4) is 0 Å². The Morgan fingerprint density at radius 1 is 1.28 bits per heavy atom. The Balaban J connectivity index is 2.08. The highest BCUT2D eigenvalue weighted by Gasteiger charge is 2.45. The molecule has 96 valence electrons. The normalized spacial score (nSPS) is 27.3. The highest BCUT2D eigenvalue weighted by Crippen LogP contribution is 2.37. The molecule has 1 aromatic rings. The van der Waals surface area contributed by atoms with E-state index in [1.54, 1.807) is 0 Å². The molecule has 18 heavy (non-hydrogen) atoms. The fourth-order valence-corrected chi connectivity index (χ4v) is 3.00.